The van der Waals surface area contributed by atoms with Gasteiger partial charge in [-0.25, -0.2) is 0 Å². The first-order valence-electron chi connectivity index (χ1n) is 33.8. The number of amides is 1. The number of hydrogen-bond donors (Lipinski definition) is 1. The summed E-state index contributed by atoms with van der Waals surface area (Å²) in [6.07, 6.45) is 92.2. The second kappa shape index (κ2) is 62.7. The van der Waals surface area contributed by atoms with E-state index >= 15 is 0 Å². The zero-order valence-corrected chi connectivity index (χ0v) is 55.9. The summed E-state index contributed by atoms with van der Waals surface area (Å²) in [4.78, 5) is 40.1. The fourth-order valence-electron chi connectivity index (χ4n) is 8.82. The van der Waals surface area contributed by atoms with Crippen molar-refractivity contribution in [3.63, 3.8) is 0 Å². The molecule has 0 fully saturated rings. The van der Waals surface area contributed by atoms with E-state index in [9.17, 15) is 19.0 Å². The Kier molecular flexibility index (Phi) is 59.5. The number of hydrogen-bond acceptors (Lipinski definition) is 7. The third-order valence-corrected chi connectivity index (χ3v) is 14.9. The Morgan fingerprint density at radius 1 is 0.424 bits per heavy atom. The molecule has 0 aromatic rings. The maximum absolute atomic E-state index is 13.6. The molecule has 0 aliphatic carbocycles. The van der Waals surface area contributed by atoms with Crippen LogP contribution in [0.1, 0.15) is 252 Å². The number of nitrogens with one attached hydrogen (secondary N) is 1. The van der Waals surface area contributed by atoms with Gasteiger partial charge in [-0.2, -0.15) is 0 Å². The number of phosphoric ester groups is 1. The lowest BCUT2D eigenvalue weighted by Gasteiger charge is -2.30. The molecule has 0 bridgehead atoms. The minimum atomic E-state index is -4.73. The standard InChI is InChI=1S/C75H125N2O7P/c1-7-10-13-16-19-22-25-27-29-31-33-35-36-37-38-39-40-42-44-46-48-50-53-56-59-62-65-68-75(79)84-73(66-63-60-57-54-51-24-21-18-15-12-9-3)72(71-83-85(80,81)82-70-69-77(4,5)6)76-74(78)67-64-61-58-55-52-49-47-45-43-41-34-32-30-28-26-23-20-17-14-11-8-2/h10-11,13-14,19-20,22-23,27-30,33-35,37-38,40-42,45,47,52,55,63,66,72-73H,7-9,12,15-18,21,24-26,31-32,36,39,43-44,46,48-51,53-54,56-62,64-65,67-71H2,1-6H3,(H-,76,78,80,81)/b13-10-,14-11-,22-19-,23-20-,29-27-,30-28-,35-33-,38-37-,41-34-,42-40-,47-45-,55-52-,66-63-. The van der Waals surface area contributed by atoms with Crippen LogP contribution in [0.4, 0.5) is 0 Å². The molecule has 0 aromatic carbocycles. The predicted octanol–water partition coefficient (Wildman–Crippen LogP) is 20.9. The van der Waals surface area contributed by atoms with E-state index in [0.717, 1.165) is 135 Å². The second-order valence-electron chi connectivity index (χ2n) is 23.2. The Bertz CT molecular complexity index is 2010. The predicted molar refractivity (Wildman–Crippen MR) is 366 cm³/mol. The summed E-state index contributed by atoms with van der Waals surface area (Å²) in [6.45, 7) is 6.55. The Hall–Kier alpha value is -4.37. The summed E-state index contributed by atoms with van der Waals surface area (Å²) < 4.78 is 30.3. The van der Waals surface area contributed by atoms with Gasteiger partial charge < -0.3 is 28.5 Å². The van der Waals surface area contributed by atoms with Crippen molar-refractivity contribution >= 4 is 19.7 Å². The van der Waals surface area contributed by atoms with Gasteiger partial charge in [-0.05, 0) is 134 Å². The number of quaternary nitrogens is 1. The maximum Gasteiger partial charge on any atom is 0.306 e. The molecular formula is C75H125N2O7P. The van der Waals surface area contributed by atoms with Crippen LogP contribution in [0.5, 0.6) is 0 Å². The number of phosphoric acid groups is 1. The van der Waals surface area contributed by atoms with Crippen LogP contribution in [0.15, 0.2) is 158 Å². The summed E-state index contributed by atoms with van der Waals surface area (Å²) >= 11 is 0. The van der Waals surface area contributed by atoms with Crippen LogP contribution in [0.25, 0.3) is 0 Å². The number of rotatable bonds is 59. The fourth-order valence-corrected chi connectivity index (χ4v) is 9.54. The minimum Gasteiger partial charge on any atom is -0.756 e. The quantitative estimate of drug-likeness (QED) is 0.0212. The number of likely N-dealkylation sites (N-methyl/N-ethyl adjacent to an activating group) is 1. The number of unbranched alkanes of at least 4 members (excludes halogenated alkanes) is 19. The lowest BCUT2D eigenvalue weighted by atomic mass is 10.1. The van der Waals surface area contributed by atoms with Gasteiger partial charge in [0.1, 0.15) is 19.3 Å². The van der Waals surface area contributed by atoms with E-state index < -0.39 is 26.6 Å². The van der Waals surface area contributed by atoms with Crippen molar-refractivity contribution in [2.24, 2.45) is 0 Å². The number of carbonyl (C=O) groups excluding carboxylic acids is 2. The van der Waals surface area contributed by atoms with Crippen LogP contribution in [0.2, 0.25) is 0 Å². The van der Waals surface area contributed by atoms with Gasteiger partial charge in [0.25, 0.3) is 7.82 Å². The number of ether oxygens (including phenoxy) is 1. The summed E-state index contributed by atoms with van der Waals surface area (Å²) in [5.74, 6) is -0.614. The van der Waals surface area contributed by atoms with Crippen LogP contribution >= 0.6 is 7.82 Å². The SMILES string of the molecule is CC/C=C\C/C=C\C/C=C\C/C=C\C/C=C\C/C=C\CCCCCCCCCCC(=O)OC(/C=C\CCCCCCCCCCC)C(COP(=O)([O-])OCC[N+](C)(C)C)NC(=O)CCCC/C=C\C/C=C\C/C=C\C/C=C\C/C=C\C/C=C\CC. The molecule has 0 spiro atoms. The van der Waals surface area contributed by atoms with Gasteiger partial charge in [0.05, 0.1) is 33.8 Å². The normalized spacial score (nSPS) is 14.6. The second-order valence-corrected chi connectivity index (χ2v) is 24.6. The first-order valence-corrected chi connectivity index (χ1v) is 35.3. The number of allylic oxidation sites excluding steroid dienone is 25. The van der Waals surface area contributed by atoms with Gasteiger partial charge in [0.15, 0.2) is 0 Å². The first-order chi connectivity index (χ1) is 41.4. The van der Waals surface area contributed by atoms with E-state index in [4.69, 9.17) is 13.8 Å². The zero-order chi connectivity index (χ0) is 62.1. The molecule has 0 aliphatic heterocycles. The minimum absolute atomic E-state index is 0.0415. The molecule has 0 rings (SSSR count). The highest BCUT2D eigenvalue weighted by atomic mass is 31.2. The van der Waals surface area contributed by atoms with E-state index in [1.54, 1.807) is 0 Å². The maximum atomic E-state index is 13.6. The summed E-state index contributed by atoms with van der Waals surface area (Å²) in [7, 11) is 1.13. The molecule has 482 valence electrons. The van der Waals surface area contributed by atoms with E-state index in [1.165, 1.54) is 70.6 Å². The Balaban J connectivity index is 5.19. The Labute approximate surface area is 522 Å². The lowest BCUT2D eigenvalue weighted by molar-refractivity contribution is -0.870. The topological polar surface area (TPSA) is 114 Å². The average molecular weight is 1200 g/mol. The van der Waals surface area contributed by atoms with Gasteiger partial charge >= 0.3 is 5.97 Å². The number of carbonyl (C=O) groups is 2. The van der Waals surface area contributed by atoms with Gasteiger partial charge in [0.2, 0.25) is 5.91 Å². The molecule has 3 unspecified atom stereocenters. The molecular weight excluding hydrogens is 1070 g/mol. The largest absolute Gasteiger partial charge is 0.756 e. The summed E-state index contributed by atoms with van der Waals surface area (Å²) in [5.41, 5.74) is 0. The van der Waals surface area contributed by atoms with Crippen LogP contribution in [-0.4, -0.2) is 69.4 Å². The van der Waals surface area contributed by atoms with Crippen molar-refractivity contribution in [1.29, 1.82) is 0 Å². The monoisotopic (exact) mass is 1200 g/mol. The molecule has 0 aromatic heterocycles. The van der Waals surface area contributed by atoms with Crippen LogP contribution in [-0.2, 0) is 27.9 Å². The fraction of sp³-hybridized carbons (Fsp3) is 0.627. The van der Waals surface area contributed by atoms with Crippen molar-refractivity contribution < 1.29 is 37.3 Å². The van der Waals surface area contributed by atoms with E-state index in [2.05, 4.69) is 172 Å². The molecule has 3 atom stereocenters. The highest BCUT2D eigenvalue weighted by Gasteiger charge is 2.27. The van der Waals surface area contributed by atoms with E-state index in [1.807, 2.05) is 33.3 Å². The van der Waals surface area contributed by atoms with Gasteiger partial charge in [0, 0.05) is 12.8 Å². The van der Waals surface area contributed by atoms with Crippen molar-refractivity contribution in [1.82, 2.24) is 5.32 Å². The number of esters is 1. The Morgan fingerprint density at radius 3 is 1.14 bits per heavy atom. The molecule has 1 N–H and O–H groups in total. The van der Waals surface area contributed by atoms with Crippen LogP contribution in [0.3, 0.4) is 0 Å². The molecule has 9 nitrogen and oxygen atoms in total. The van der Waals surface area contributed by atoms with E-state index in [0.29, 0.717) is 23.9 Å². The third kappa shape index (κ3) is 63.9. The zero-order valence-electron chi connectivity index (χ0n) is 55.0. The van der Waals surface area contributed by atoms with Crippen LogP contribution in [0, 0.1) is 0 Å². The van der Waals surface area contributed by atoms with Gasteiger partial charge in [-0.1, -0.05) is 263 Å². The van der Waals surface area contributed by atoms with Crippen molar-refractivity contribution in [2.45, 2.75) is 264 Å². The summed E-state index contributed by atoms with van der Waals surface area (Å²) in [6, 6.07) is -0.928. The molecule has 85 heavy (non-hydrogen) atoms. The number of nitrogens with zero attached hydrogens (tertiary/aromatic N) is 1. The molecule has 10 heteroatoms. The molecule has 0 radical (unpaired) electrons. The average Bonchev–Trinajstić information content (AvgIpc) is 3.59. The highest BCUT2D eigenvalue weighted by Crippen LogP contribution is 2.38. The van der Waals surface area contributed by atoms with Crippen molar-refractivity contribution in [2.75, 3.05) is 40.9 Å². The van der Waals surface area contributed by atoms with Crippen molar-refractivity contribution in [3.05, 3.63) is 158 Å². The third-order valence-electron chi connectivity index (χ3n) is 14.0. The van der Waals surface area contributed by atoms with Gasteiger partial charge in [-0.15, -0.1) is 0 Å². The van der Waals surface area contributed by atoms with Gasteiger partial charge in [-0.3, -0.25) is 14.2 Å². The molecule has 1 amide bonds. The Morgan fingerprint density at radius 2 is 0.753 bits per heavy atom. The molecule has 0 heterocycles. The first kappa shape index (κ1) is 80.6. The molecule has 0 saturated heterocycles. The summed E-state index contributed by atoms with van der Waals surface area (Å²) in [5, 5.41) is 3.00. The highest BCUT2D eigenvalue weighted by molar-refractivity contribution is 7.45. The smallest absolute Gasteiger partial charge is 0.306 e. The lowest BCUT2D eigenvalue weighted by Crippen LogP contribution is -2.47. The van der Waals surface area contributed by atoms with E-state index in [-0.39, 0.29) is 31.3 Å². The molecule has 0 aliphatic rings. The van der Waals surface area contributed by atoms with Crippen LogP contribution < -0.4 is 10.2 Å². The van der Waals surface area contributed by atoms with Crippen molar-refractivity contribution in [3.8, 4) is 0 Å². The molecule has 0 saturated carbocycles.